The van der Waals surface area contributed by atoms with E-state index in [0.29, 0.717) is 6.61 Å². The molecule has 116 valence electrons. The first-order valence-corrected chi connectivity index (χ1v) is 8.26. The van der Waals surface area contributed by atoms with Crippen LogP contribution >= 0.6 is 12.2 Å². The molecule has 0 radical (unpaired) electrons. The first kappa shape index (κ1) is 16.0. The third kappa shape index (κ3) is 4.86. The summed E-state index contributed by atoms with van der Waals surface area (Å²) in [4.78, 5) is 3.96. The van der Waals surface area contributed by atoms with Crippen molar-refractivity contribution in [3.63, 3.8) is 0 Å². The predicted molar refractivity (Wildman–Crippen MR) is 91.3 cm³/mol. The maximum Gasteiger partial charge on any atom is 0.173 e. The highest BCUT2D eigenvalue weighted by Gasteiger charge is 2.20. The number of hydrogen-bond donors (Lipinski definition) is 2. The number of nitrogens with zero attached hydrogens (tertiary/aromatic N) is 1. The van der Waals surface area contributed by atoms with Gasteiger partial charge in [-0.2, -0.15) is 0 Å². The summed E-state index contributed by atoms with van der Waals surface area (Å²) >= 11 is 5.52. The lowest BCUT2D eigenvalue weighted by atomic mass is 10.3. The van der Waals surface area contributed by atoms with Crippen LogP contribution in [0.2, 0.25) is 0 Å². The van der Waals surface area contributed by atoms with Gasteiger partial charge in [-0.1, -0.05) is 6.92 Å². The number of benzene rings is 1. The van der Waals surface area contributed by atoms with E-state index in [1.165, 1.54) is 26.1 Å². The van der Waals surface area contributed by atoms with Crippen LogP contribution < -0.4 is 15.0 Å². The Morgan fingerprint density at radius 3 is 2.48 bits per heavy atom. The Hall–Kier alpha value is -1.33. The molecule has 1 aliphatic rings. The molecule has 0 amide bonds. The lowest BCUT2D eigenvalue weighted by Gasteiger charge is -2.33. The highest BCUT2D eigenvalue weighted by atomic mass is 32.1. The van der Waals surface area contributed by atoms with Crippen LogP contribution in [0.3, 0.4) is 0 Å². The van der Waals surface area contributed by atoms with Gasteiger partial charge in [0.2, 0.25) is 0 Å². The molecule has 1 aromatic carbocycles. The molecule has 0 saturated carbocycles. The third-order valence-electron chi connectivity index (χ3n) is 3.78. The SMILES string of the molecule is CCC[NH+]1CCN(C(=S)Nc2ccc(OCC)cc2)CC1. The van der Waals surface area contributed by atoms with Crippen molar-refractivity contribution < 1.29 is 9.64 Å². The molecule has 0 aliphatic carbocycles. The van der Waals surface area contributed by atoms with Crippen LogP contribution in [0.25, 0.3) is 0 Å². The molecule has 2 rings (SSSR count). The van der Waals surface area contributed by atoms with E-state index in [1.807, 2.05) is 31.2 Å². The van der Waals surface area contributed by atoms with E-state index in [-0.39, 0.29) is 0 Å². The minimum Gasteiger partial charge on any atom is -0.494 e. The molecule has 1 heterocycles. The van der Waals surface area contributed by atoms with E-state index in [4.69, 9.17) is 17.0 Å². The van der Waals surface area contributed by atoms with E-state index in [9.17, 15) is 0 Å². The van der Waals surface area contributed by atoms with Gasteiger partial charge in [0.05, 0.1) is 39.3 Å². The number of quaternary nitrogens is 1. The van der Waals surface area contributed by atoms with Crippen molar-refractivity contribution in [3.05, 3.63) is 24.3 Å². The monoisotopic (exact) mass is 308 g/mol. The Morgan fingerprint density at radius 2 is 1.90 bits per heavy atom. The maximum absolute atomic E-state index is 5.52. The first-order chi connectivity index (χ1) is 10.2. The normalized spacial score (nSPS) is 15.8. The molecule has 0 atom stereocenters. The summed E-state index contributed by atoms with van der Waals surface area (Å²) in [6.45, 7) is 10.6. The van der Waals surface area contributed by atoms with Crippen molar-refractivity contribution >= 4 is 23.0 Å². The first-order valence-electron chi connectivity index (χ1n) is 7.85. The predicted octanol–water partition coefficient (Wildman–Crippen LogP) is 1.39. The van der Waals surface area contributed by atoms with Crippen molar-refractivity contribution in [2.45, 2.75) is 20.3 Å². The molecule has 0 aromatic heterocycles. The lowest BCUT2D eigenvalue weighted by Crippen LogP contribution is -3.14. The highest BCUT2D eigenvalue weighted by molar-refractivity contribution is 7.80. The maximum atomic E-state index is 5.52. The molecule has 1 aliphatic heterocycles. The zero-order valence-corrected chi connectivity index (χ0v) is 13.8. The number of piperazine rings is 1. The smallest absolute Gasteiger partial charge is 0.173 e. The molecule has 1 fully saturated rings. The summed E-state index contributed by atoms with van der Waals surface area (Å²) in [5.41, 5.74) is 1.02. The molecule has 1 aromatic rings. The molecule has 21 heavy (non-hydrogen) atoms. The van der Waals surface area contributed by atoms with Gasteiger partial charge in [0.25, 0.3) is 0 Å². The van der Waals surface area contributed by atoms with Crippen LogP contribution in [0.15, 0.2) is 24.3 Å². The quantitative estimate of drug-likeness (QED) is 0.805. The van der Waals surface area contributed by atoms with Crippen LogP contribution in [0.5, 0.6) is 5.75 Å². The second-order valence-electron chi connectivity index (χ2n) is 5.37. The molecular formula is C16H26N3OS+. The summed E-state index contributed by atoms with van der Waals surface area (Å²) < 4.78 is 5.44. The topological polar surface area (TPSA) is 28.9 Å². The van der Waals surface area contributed by atoms with Crippen LogP contribution in [-0.2, 0) is 0 Å². The summed E-state index contributed by atoms with van der Waals surface area (Å²) in [7, 11) is 0. The minimum atomic E-state index is 0.690. The standard InChI is InChI=1S/C16H25N3OS/c1-3-9-18-10-12-19(13-11-18)16(21)17-14-5-7-15(8-6-14)20-4-2/h5-8H,3-4,9-13H2,1-2H3,(H,17,21)/p+1. The van der Waals surface area contributed by atoms with Crippen molar-refractivity contribution in [2.75, 3.05) is 44.6 Å². The zero-order chi connectivity index (χ0) is 15.1. The van der Waals surface area contributed by atoms with Crippen LogP contribution in [-0.4, -0.2) is 49.3 Å². The molecular weight excluding hydrogens is 282 g/mol. The number of rotatable bonds is 5. The lowest BCUT2D eigenvalue weighted by molar-refractivity contribution is -0.903. The fourth-order valence-corrected chi connectivity index (χ4v) is 2.93. The van der Waals surface area contributed by atoms with E-state index < -0.39 is 0 Å². The fraction of sp³-hybridized carbons (Fsp3) is 0.562. The number of hydrogen-bond acceptors (Lipinski definition) is 2. The fourth-order valence-electron chi connectivity index (χ4n) is 2.63. The Bertz CT molecular complexity index is 441. The summed E-state index contributed by atoms with van der Waals surface area (Å²) in [6.07, 6.45) is 1.25. The average molecular weight is 308 g/mol. The van der Waals surface area contributed by atoms with E-state index in [0.717, 1.165) is 29.6 Å². The molecule has 1 saturated heterocycles. The number of ether oxygens (including phenoxy) is 1. The summed E-state index contributed by atoms with van der Waals surface area (Å²) in [5.74, 6) is 0.894. The Kier molecular flexibility index (Phi) is 6.26. The molecule has 5 heteroatoms. The van der Waals surface area contributed by atoms with E-state index in [1.54, 1.807) is 4.90 Å². The van der Waals surface area contributed by atoms with Gasteiger partial charge in [0, 0.05) is 5.69 Å². The molecule has 0 unspecified atom stereocenters. The third-order valence-corrected chi connectivity index (χ3v) is 4.14. The van der Waals surface area contributed by atoms with Crippen molar-refractivity contribution in [3.8, 4) is 5.75 Å². The van der Waals surface area contributed by atoms with Gasteiger partial charge in [0.15, 0.2) is 5.11 Å². The number of nitrogens with one attached hydrogen (secondary N) is 2. The van der Waals surface area contributed by atoms with Gasteiger partial charge < -0.3 is 19.9 Å². The number of thiocarbonyl (C=S) groups is 1. The van der Waals surface area contributed by atoms with E-state index in [2.05, 4.69) is 17.1 Å². The van der Waals surface area contributed by atoms with Gasteiger partial charge in [-0.25, -0.2) is 0 Å². The summed E-state index contributed by atoms with van der Waals surface area (Å²) in [6, 6.07) is 7.96. The average Bonchev–Trinajstić information content (AvgIpc) is 2.50. The largest absolute Gasteiger partial charge is 0.494 e. The highest BCUT2D eigenvalue weighted by Crippen LogP contribution is 2.16. The Labute approximate surface area is 133 Å². The minimum absolute atomic E-state index is 0.690. The molecule has 0 spiro atoms. The second kappa shape index (κ2) is 8.20. The van der Waals surface area contributed by atoms with E-state index >= 15 is 0 Å². The van der Waals surface area contributed by atoms with Crippen molar-refractivity contribution in [1.82, 2.24) is 4.90 Å². The molecule has 0 bridgehead atoms. The van der Waals surface area contributed by atoms with Gasteiger partial charge in [-0.3, -0.25) is 0 Å². The summed E-state index contributed by atoms with van der Waals surface area (Å²) in [5, 5.41) is 4.15. The van der Waals surface area contributed by atoms with Gasteiger partial charge >= 0.3 is 0 Å². The van der Waals surface area contributed by atoms with Gasteiger partial charge in [-0.05, 0) is 49.8 Å². The molecule has 2 N–H and O–H groups in total. The van der Waals surface area contributed by atoms with Gasteiger partial charge in [0.1, 0.15) is 5.75 Å². The van der Waals surface area contributed by atoms with Crippen LogP contribution in [0.1, 0.15) is 20.3 Å². The molecule has 4 nitrogen and oxygen atoms in total. The van der Waals surface area contributed by atoms with Crippen molar-refractivity contribution in [1.29, 1.82) is 0 Å². The Balaban J connectivity index is 1.81. The van der Waals surface area contributed by atoms with Crippen molar-refractivity contribution in [2.24, 2.45) is 0 Å². The zero-order valence-electron chi connectivity index (χ0n) is 13.0. The van der Waals surface area contributed by atoms with Gasteiger partial charge in [-0.15, -0.1) is 0 Å². The van der Waals surface area contributed by atoms with Crippen LogP contribution in [0, 0.1) is 0 Å². The van der Waals surface area contributed by atoms with Crippen LogP contribution in [0.4, 0.5) is 5.69 Å². The Morgan fingerprint density at radius 1 is 1.24 bits per heavy atom. The second-order valence-corrected chi connectivity index (χ2v) is 5.76. The number of anilines is 1.